The number of carbonyl (C=O) groups excluding carboxylic acids is 2. The Bertz CT molecular complexity index is 852. The topological polar surface area (TPSA) is 79.2 Å². The van der Waals surface area contributed by atoms with Gasteiger partial charge in [-0.1, -0.05) is 12.1 Å². The van der Waals surface area contributed by atoms with Crippen molar-refractivity contribution < 1.29 is 14.3 Å². The molecular formula is C20H18N2O3. The minimum atomic E-state index is -0.505. The zero-order chi connectivity index (χ0) is 17.6. The maximum absolute atomic E-state index is 12.1. The third kappa shape index (κ3) is 4.24. The molecule has 126 valence electrons. The van der Waals surface area contributed by atoms with Gasteiger partial charge in [-0.05, 0) is 67.1 Å². The van der Waals surface area contributed by atoms with Crippen molar-refractivity contribution >= 4 is 17.6 Å². The summed E-state index contributed by atoms with van der Waals surface area (Å²) in [6.07, 6.45) is 4.35. The molecule has 0 saturated carbocycles. The van der Waals surface area contributed by atoms with Crippen molar-refractivity contribution in [1.82, 2.24) is 0 Å². The van der Waals surface area contributed by atoms with Gasteiger partial charge in [-0.15, -0.1) is 0 Å². The standard InChI is InChI=1S/C20H18N2O3/c21-12-14-4-3-7-18(10-14)22-19(23)13-25-20(24)17-9-8-15-5-1-2-6-16(15)11-17/h3-4,7-11H,1-2,5-6,13H2,(H,22,23). The van der Waals surface area contributed by atoms with E-state index in [9.17, 15) is 9.59 Å². The number of ether oxygens (including phenoxy) is 1. The summed E-state index contributed by atoms with van der Waals surface area (Å²) in [4.78, 5) is 24.1. The van der Waals surface area contributed by atoms with Crippen molar-refractivity contribution in [3.63, 3.8) is 0 Å². The highest BCUT2D eigenvalue weighted by molar-refractivity contribution is 5.95. The van der Waals surface area contributed by atoms with Crippen molar-refractivity contribution in [2.24, 2.45) is 0 Å². The summed E-state index contributed by atoms with van der Waals surface area (Å²) in [6.45, 7) is -0.368. The Hall–Kier alpha value is -3.13. The molecule has 0 aromatic heterocycles. The number of nitrogens with zero attached hydrogens (tertiary/aromatic N) is 1. The fourth-order valence-electron chi connectivity index (χ4n) is 2.94. The molecule has 0 spiro atoms. The van der Waals surface area contributed by atoms with E-state index < -0.39 is 11.9 Å². The van der Waals surface area contributed by atoms with Crippen molar-refractivity contribution in [1.29, 1.82) is 5.26 Å². The lowest BCUT2D eigenvalue weighted by atomic mass is 9.90. The summed E-state index contributed by atoms with van der Waals surface area (Å²) in [7, 11) is 0. The molecule has 2 aromatic carbocycles. The average Bonchev–Trinajstić information content (AvgIpc) is 2.65. The van der Waals surface area contributed by atoms with E-state index in [0.29, 0.717) is 16.8 Å². The molecule has 1 aliphatic carbocycles. The van der Waals surface area contributed by atoms with Gasteiger partial charge in [-0.25, -0.2) is 4.79 Å². The van der Waals surface area contributed by atoms with Crippen LogP contribution in [0.15, 0.2) is 42.5 Å². The molecule has 0 saturated heterocycles. The highest BCUT2D eigenvalue weighted by Crippen LogP contribution is 2.22. The number of amides is 1. The van der Waals surface area contributed by atoms with Crippen LogP contribution >= 0.6 is 0 Å². The van der Waals surface area contributed by atoms with Gasteiger partial charge < -0.3 is 10.1 Å². The van der Waals surface area contributed by atoms with E-state index in [1.165, 1.54) is 17.5 Å². The number of benzene rings is 2. The molecule has 0 unspecified atom stereocenters. The Balaban J connectivity index is 1.56. The molecule has 1 N–H and O–H groups in total. The fraction of sp³-hybridized carbons (Fsp3) is 0.250. The predicted octanol–water partition coefficient (Wildman–Crippen LogP) is 3.23. The van der Waals surface area contributed by atoms with E-state index in [2.05, 4.69) is 5.32 Å². The molecule has 0 heterocycles. The summed E-state index contributed by atoms with van der Waals surface area (Å²) < 4.78 is 5.09. The Kier molecular flexibility index (Phi) is 5.10. The molecule has 3 rings (SSSR count). The summed E-state index contributed by atoms with van der Waals surface area (Å²) in [5.74, 6) is -0.948. The Morgan fingerprint density at radius 2 is 1.88 bits per heavy atom. The number of nitriles is 1. The Labute approximate surface area is 146 Å². The number of carbonyl (C=O) groups is 2. The molecule has 0 aliphatic heterocycles. The highest BCUT2D eigenvalue weighted by atomic mass is 16.5. The number of hydrogen-bond acceptors (Lipinski definition) is 4. The lowest BCUT2D eigenvalue weighted by Gasteiger charge is -2.16. The van der Waals surface area contributed by atoms with Crippen molar-refractivity contribution in [2.75, 3.05) is 11.9 Å². The van der Waals surface area contributed by atoms with E-state index in [1.54, 1.807) is 30.3 Å². The van der Waals surface area contributed by atoms with Crippen LogP contribution in [0.4, 0.5) is 5.69 Å². The lowest BCUT2D eigenvalue weighted by molar-refractivity contribution is -0.119. The van der Waals surface area contributed by atoms with Crippen LogP contribution in [0.5, 0.6) is 0 Å². The molecule has 1 aliphatic rings. The molecule has 25 heavy (non-hydrogen) atoms. The number of fused-ring (bicyclic) bond motifs is 1. The molecule has 0 fully saturated rings. The Morgan fingerprint density at radius 3 is 2.68 bits per heavy atom. The van der Waals surface area contributed by atoms with E-state index in [-0.39, 0.29) is 6.61 Å². The van der Waals surface area contributed by atoms with Crippen LogP contribution in [-0.2, 0) is 22.4 Å². The van der Waals surface area contributed by atoms with Crippen LogP contribution in [0.1, 0.15) is 39.9 Å². The predicted molar refractivity (Wildman–Crippen MR) is 93.2 cm³/mol. The van der Waals surface area contributed by atoms with Crippen molar-refractivity contribution in [3.8, 4) is 6.07 Å². The molecule has 0 bridgehead atoms. The minimum Gasteiger partial charge on any atom is -0.452 e. The van der Waals surface area contributed by atoms with Gasteiger partial charge in [-0.3, -0.25) is 4.79 Å². The number of esters is 1. The SMILES string of the molecule is N#Cc1cccc(NC(=O)COC(=O)c2ccc3c(c2)CCCC3)c1. The third-order valence-electron chi connectivity index (χ3n) is 4.19. The monoisotopic (exact) mass is 334 g/mol. The van der Waals surface area contributed by atoms with Gasteiger partial charge >= 0.3 is 5.97 Å². The number of rotatable bonds is 4. The largest absolute Gasteiger partial charge is 0.452 e. The molecule has 2 aromatic rings. The number of anilines is 1. The third-order valence-corrected chi connectivity index (χ3v) is 4.19. The van der Waals surface area contributed by atoms with Crippen LogP contribution in [0, 0.1) is 11.3 Å². The normalized spacial score (nSPS) is 12.6. The lowest BCUT2D eigenvalue weighted by Crippen LogP contribution is -2.21. The zero-order valence-corrected chi connectivity index (χ0v) is 13.7. The van der Waals surface area contributed by atoms with Crippen LogP contribution in [0.2, 0.25) is 0 Å². The van der Waals surface area contributed by atoms with Gasteiger partial charge in [0.1, 0.15) is 0 Å². The van der Waals surface area contributed by atoms with E-state index in [4.69, 9.17) is 10.00 Å². The first kappa shape index (κ1) is 16.7. The fourth-order valence-corrected chi connectivity index (χ4v) is 2.94. The second-order valence-corrected chi connectivity index (χ2v) is 6.01. The maximum Gasteiger partial charge on any atom is 0.338 e. The van der Waals surface area contributed by atoms with Crippen LogP contribution in [0.25, 0.3) is 0 Å². The Morgan fingerprint density at radius 1 is 1.08 bits per heavy atom. The van der Waals surface area contributed by atoms with Gasteiger partial charge in [0.05, 0.1) is 17.2 Å². The van der Waals surface area contributed by atoms with Crippen LogP contribution in [-0.4, -0.2) is 18.5 Å². The highest BCUT2D eigenvalue weighted by Gasteiger charge is 2.15. The molecule has 5 nitrogen and oxygen atoms in total. The first-order valence-electron chi connectivity index (χ1n) is 8.24. The quantitative estimate of drug-likeness (QED) is 0.871. The van der Waals surface area contributed by atoms with Gasteiger partial charge in [0.25, 0.3) is 5.91 Å². The summed E-state index contributed by atoms with van der Waals surface area (Å²) in [6, 6.07) is 14.1. The van der Waals surface area contributed by atoms with Gasteiger partial charge in [0.2, 0.25) is 0 Å². The van der Waals surface area contributed by atoms with Crippen LogP contribution < -0.4 is 5.32 Å². The van der Waals surface area contributed by atoms with Crippen molar-refractivity contribution in [3.05, 3.63) is 64.7 Å². The van der Waals surface area contributed by atoms with Gasteiger partial charge in [-0.2, -0.15) is 5.26 Å². The molecule has 1 amide bonds. The summed E-state index contributed by atoms with van der Waals surface area (Å²) in [5, 5.41) is 11.5. The van der Waals surface area contributed by atoms with Crippen LogP contribution in [0.3, 0.4) is 0 Å². The maximum atomic E-state index is 12.1. The number of hydrogen-bond donors (Lipinski definition) is 1. The number of aryl methyl sites for hydroxylation is 2. The second-order valence-electron chi connectivity index (χ2n) is 6.01. The first-order valence-corrected chi connectivity index (χ1v) is 8.24. The van der Waals surface area contributed by atoms with E-state index >= 15 is 0 Å². The van der Waals surface area contributed by atoms with E-state index in [1.807, 2.05) is 18.2 Å². The smallest absolute Gasteiger partial charge is 0.338 e. The number of nitrogens with one attached hydrogen (secondary N) is 1. The van der Waals surface area contributed by atoms with Gasteiger partial charge in [0, 0.05) is 5.69 Å². The molecule has 0 atom stereocenters. The van der Waals surface area contributed by atoms with E-state index in [0.717, 1.165) is 19.3 Å². The molecule has 5 heteroatoms. The molecule has 0 radical (unpaired) electrons. The molecular weight excluding hydrogens is 316 g/mol. The average molecular weight is 334 g/mol. The second kappa shape index (κ2) is 7.63. The first-order chi connectivity index (χ1) is 12.2. The van der Waals surface area contributed by atoms with Gasteiger partial charge in [0.15, 0.2) is 6.61 Å². The summed E-state index contributed by atoms with van der Waals surface area (Å²) >= 11 is 0. The summed E-state index contributed by atoms with van der Waals surface area (Å²) in [5.41, 5.74) is 3.90. The minimum absolute atomic E-state index is 0.368. The zero-order valence-electron chi connectivity index (χ0n) is 13.7. The van der Waals surface area contributed by atoms with Crippen molar-refractivity contribution in [2.45, 2.75) is 25.7 Å².